The van der Waals surface area contributed by atoms with Crippen LogP contribution in [-0.4, -0.2) is 29.8 Å². The van der Waals surface area contributed by atoms with Crippen LogP contribution in [0.2, 0.25) is 0 Å². The first kappa shape index (κ1) is 21.3. The summed E-state index contributed by atoms with van der Waals surface area (Å²) in [5.41, 5.74) is 4.42. The van der Waals surface area contributed by atoms with Crippen LogP contribution in [0.5, 0.6) is 5.75 Å². The van der Waals surface area contributed by atoms with Gasteiger partial charge in [-0.2, -0.15) is 0 Å². The monoisotopic (exact) mass is 453 g/mol. The standard InChI is InChI=1S/C27H23N3O4/c1-33-20-10-6-17(7-11-20)12-13-34-27(32)29-19-9-8-18-14-22(26(31)30-25(18)15-19)23-16-28-24-5-3-2-4-21(23)24/h2-11,14-16,28H,12-13H2,1H3,(H,29,32)(H,30,31). The van der Waals surface area contributed by atoms with Gasteiger partial charge in [-0.25, -0.2) is 4.79 Å². The fourth-order valence-corrected chi connectivity index (χ4v) is 3.98. The van der Waals surface area contributed by atoms with Crippen molar-refractivity contribution >= 4 is 33.6 Å². The Morgan fingerprint density at radius 1 is 0.941 bits per heavy atom. The molecule has 0 spiro atoms. The first-order chi connectivity index (χ1) is 16.6. The molecule has 0 bridgehead atoms. The van der Waals surface area contributed by atoms with Crippen molar-refractivity contribution in [1.82, 2.24) is 9.97 Å². The number of carbonyl (C=O) groups is 1. The Morgan fingerprint density at radius 3 is 2.59 bits per heavy atom. The second-order valence-electron chi connectivity index (χ2n) is 7.92. The van der Waals surface area contributed by atoms with Crippen LogP contribution in [0.3, 0.4) is 0 Å². The Hall–Kier alpha value is -4.52. The molecule has 2 heterocycles. The van der Waals surface area contributed by atoms with E-state index in [-0.39, 0.29) is 12.2 Å². The number of rotatable bonds is 6. The van der Waals surface area contributed by atoms with E-state index in [0.29, 0.717) is 23.2 Å². The zero-order valence-electron chi connectivity index (χ0n) is 18.6. The number of para-hydroxylation sites is 1. The second kappa shape index (κ2) is 9.15. The van der Waals surface area contributed by atoms with Crippen LogP contribution in [0.4, 0.5) is 10.5 Å². The van der Waals surface area contributed by atoms with E-state index in [1.54, 1.807) is 19.2 Å². The number of fused-ring (bicyclic) bond motifs is 2. The lowest BCUT2D eigenvalue weighted by molar-refractivity contribution is 0.163. The number of carbonyl (C=O) groups excluding carboxylic acids is 1. The Kier molecular flexibility index (Phi) is 5.74. The number of benzene rings is 3. The van der Waals surface area contributed by atoms with Gasteiger partial charge in [-0.05, 0) is 47.3 Å². The summed E-state index contributed by atoms with van der Waals surface area (Å²) in [5, 5.41) is 4.56. The quantitative estimate of drug-likeness (QED) is 0.317. The number of anilines is 1. The minimum atomic E-state index is -0.550. The molecule has 0 aliphatic rings. The molecule has 0 aliphatic heterocycles. The second-order valence-corrected chi connectivity index (χ2v) is 7.92. The van der Waals surface area contributed by atoms with Crippen LogP contribution in [0.25, 0.3) is 32.9 Å². The third kappa shape index (κ3) is 4.36. The van der Waals surface area contributed by atoms with Gasteiger partial charge >= 0.3 is 6.09 Å². The minimum Gasteiger partial charge on any atom is -0.497 e. The van der Waals surface area contributed by atoms with Crippen molar-refractivity contribution < 1.29 is 14.3 Å². The van der Waals surface area contributed by atoms with Crippen LogP contribution in [0.15, 0.2) is 83.8 Å². The molecule has 0 saturated heterocycles. The van der Waals surface area contributed by atoms with Gasteiger partial charge in [-0.3, -0.25) is 10.1 Å². The zero-order valence-corrected chi connectivity index (χ0v) is 18.6. The van der Waals surface area contributed by atoms with Crippen molar-refractivity contribution in [2.75, 3.05) is 19.0 Å². The summed E-state index contributed by atoms with van der Waals surface area (Å²) < 4.78 is 10.4. The number of amides is 1. The molecule has 34 heavy (non-hydrogen) atoms. The molecule has 0 aliphatic carbocycles. The van der Waals surface area contributed by atoms with Crippen molar-refractivity contribution in [1.29, 1.82) is 0 Å². The molecule has 3 aromatic carbocycles. The summed E-state index contributed by atoms with van der Waals surface area (Å²) in [6, 6.07) is 22.7. The highest BCUT2D eigenvalue weighted by Gasteiger charge is 2.12. The summed E-state index contributed by atoms with van der Waals surface area (Å²) in [6.45, 7) is 0.247. The number of hydrogen-bond donors (Lipinski definition) is 3. The van der Waals surface area contributed by atoms with Gasteiger partial charge in [-0.1, -0.05) is 36.4 Å². The van der Waals surface area contributed by atoms with E-state index in [9.17, 15) is 9.59 Å². The van der Waals surface area contributed by atoms with Gasteiger partial charge in [0.2, 0.25) is 0 Å². The molecule has 0 unspecified atom stereocenters. The number of ether oxygens (including phenoxy) is 2. The maximum atomic E-state index is 12.8. The van der Waals surface area contributed by atoms with E-state index in [1.165, 1.54) is 0 Å². The van der Waals surface area contributed by atoms with E-state index in [0.717, 1.165) is 33.2 Å². The van der Waals surface area contributed by atoms with E-state index in [2.05, 4.69) is 15.3 Å². The third-order valence-electron chi connectivity index (χ3n) is 5.75. The molecule has 7 nitrogen and oxygen atoms in total. The van der Waals surface area contributed by atoms with E-state index < -0.39 is 6.09 Å². The number of aromatic nitrogens is 2. The van der Waals surface area contributed by atoms with Crippen molar-refractivity contribution in [3.63, 3.8) is 0 Å². The Labute approximate surface area is 195 Å². The van der Waals surface area contributed by atoms with Crippen LogP contribution in [0.1, 0.15) is 5.56 Å². The fourth-order valence-electron chi connectivity index (χ4n) is 3.98. The normalized spacial score (nSPS) is 11.0. The maximum absolute atomic E-state index is 12.8. The number of aromatic amines is 2. The molecule has 3 N–H and O–H groups in total. The molecule has 1 amide bonds. The predicted molar refractivity (Wildman–Crippen MR) is 134 cm³/mol. The average molecular weight is 453 g/mol. The number of nitrogens with one attached hydrogen (secondary N) is 3. The van der Waals surface area contributed by atoms with Gasteiger partial charge in [-0.15, -0.1) is 0 Å². The summed E-state index contributed by atoms with van der Waals surface area (Å²) in [6.07, 6.45) is 1.89. The summed E-state index contributed by atoms with van der Waals surface area (Å²) in [7, 11) is 1.62. The molecule has 7 heteroatoms. The van der Waals surface area contributed by atoms with Crippen LogP contribution in [0, 0.1) is 0 Å². The Balaban J connectivity index is 1.28. The maximum Gasteiger partial charge on any atom is 0.411 e. The molecule has 0 saturated carbocycles. The number of methoxy groups -OCH3 is 1. The van der Waals surface area contributed by atoms with Crippen LogP contribution >= 0.6 is 0 Å². The van der Waals surface area contributed by atoms with Gasteiger partial charge in [0, 0.05) is 40.3 Å². The van der Waals surface area contributed by atoms with E-state index >= 15 is 0 Å². The fraction of sp³-hybridized carbons (Fsp3) is 0.111. The van der Waals surface area contributed by atoms with E-state index in [1.807, 2.05) is 66.9 Å². The van der Waals surface area contributed by atoms with Gasteiger partial charge in [0.1, 0.15) is 5.75 Å². The first-order valence-electron chi connectivity index (χ1n) is 10.9. The molecule has 5 aromatic rings. The van der Waals surface area contributed by atoms with Crippen molar-refractivity contribution in [2.45, 2.75) is 6.42 Å². The molecule has 0 fully saturated rings. The van der Waals surface area contributed by atoms with Crippen molar-refractivity contribution in [3.8, 4) is 16.9 Å². The average Bonchev–Trinajstić information content (AvgIpc) is 3.28. The largest absolute Gasteiger partial charge is 0.497 e. The molecule has 0 radical (unpaired) electrons. The summed E-state index contributed by atoms with van der Waals surface area (Å²) in [5.74, 6) is 0.783. The first-order valence-corrected chi connectivity index (χ1v) is 10.9. The van der Waals surface area contributed by atoms with Crippen LogP contribution in [-0.2, 0) is 11.2 Å². The molecule has 5 rings (SSSR count). The molecular weight excluding hydrogens is 430 g/mol. The van der Waals surface area contributed by atoms with Gasteiger partial charge in [0.15, 0.2) is 0 Å². The lowest BCUT2D eigenvalue weighted by Gasteiger charge is -2.09. The highest BCUT2D eigenvalue weighted by atomic mass is 16.5. The third-order valence-corrected chi connectivity index (χ3v) is 5.75. The Bertz CT molecular complexity index is 1530. The van der Waals surface area contributed by atoms with Crippen LogP contribution < -0.4 is 15.6 Å². The number of pyridine rings is 1. The lowest BCUT2D eigenvalue weighted by Crippen LogP contribution is -2.15. The van der Waals surface area contributed by atoms with Gasteiger partial charge < -0.3 is 19.4 Å². The summed E-state index contributed by atoms with van der Waals surface area (Å²) >= 11 is 0. The highest BCUT2D eigenvalue weighted by molar-refractivity contribution is 5.98. The molecule has 170 valence electrons. The number of H-pyrrole nitrogens is 2. The SMILES string of the molecule is COc1ccc(CCOC(=O)Nc2ccc3cc(-c4c[nH]c5ccccc45)c(=O)[nH]c3c2)cc1. The Morgan fingerprint density at radius 2 is 1.76 bits per heavy atom. The smallest absolute Gasteiger partial charge is 0.411 e. The van der Waals surface area contributed by atoms with Crippen molar-refractivity contribution in [2.24, 2.45) is 0 Å². The topological polar surface area (TPSA) is 96.2 Å². The lowest BCUT2D eigenvalue weighted by atomic mass is 10.0. The van der Waals surface area contributed by atoms with Gasteiger partial charge in [0.05, 0.1) is 19.2 Å². The summed E-state index contributed by atoms with van der Waals surface area (Å²) in [4.78, 5) is 31.2. The van der Waals surface area contributed by atoms with Crippen molar-refractivity contribution in [3.05, 3.63) is 94.9 Å². The zero-order chi connectivity index (χ0) is 23.5. The number of hydrogen-bond acceptors (Lipinski definition) is 4. The van der Waals surface area contributed by atoms with E-state index in [4.69, 9.17) is 9.47 Å². The minimum absolute atomic E-state index is 0.198. The predicted octanol–water partition coefficient (Wildman–Crippen LogP) is 5.48. The molecular formula is C27H23N3O4. The molecule has 2 aromatic heterocycles. The molecule has 0 atom stereocenters. The van der Waals surface area contributed by atoms with Gasteiger partial charge in [0.25, 0.3) is 5.56 Å². The highest BCUT2D eigenvalue weighted by Crippen LogP contribution is 2.28.